The van der Waals surface area contributed by atoms with Gasteiger partial charge in [0.15, 0.2) is 0 Å². The van der Waals surface area contributed by atoms with Gasteiger partial charge in [-0.2, -0.15) is 0 Å². The van der Waals surface area contributed by atoms with E-state index in [-0.39, 0.29) is 12.4 Å². The number of allylic oxidation sites excluding steroid dienone is 10. The van der Waals surface area contributed by atoms with Crippen LogP contribution in [0.4, 0.5) is 4.39 Å². The molecule has 0 saturated carbocycles. The van der Waals surface area contributed by atoms with Crippen molar-refractivity contribution in [3.8, 4) is 0 Å². The van der Waals surface area contributed by atoms with Crippen LogP contribution in [0.2, 0.25) is 0 Å². The number of benzene rings is 2. The van der Waals surface area contributed by atoms with Crippen molar-refractivity contribution in [2.24, 2.45) is 7.05 Å². The van der Waals surface area contributed by atoms with Crippen LogP contribution in [0.5, 0.6) is 0 Å². The van der Waals surface area contributed by atoms with Crippen molar-refractivity contribution >= 4 is 16.5 Å². The van der Waals surface area contributed by atoms with E-state index in [9.17, 15) is 14.0 Å². The molecule has 0 saturated heterocycles. The third-order valence-corrected chi connectivity index (χ3v) is 6.96. The maximum absolute atomic E-state index is 13.5. The molecule has 5 nitrogen and oxygen atoms in total. The van der Waals surface area contributed by atoms with Crippen molar-refractivity contribution in [3.63, 3.8) is 0 Å². The third kappa shape index (κ3) is 5.43. The topological polar surface area (TPSA) is 47.2 Å². The summed E-state index contributed by atoms with van der Waals surface area (Å²) in [5.41, 5.74) is 5.17. The lowest BCUT2D eigenvalue weighted by molar-refractivity contribution is 0.609. The molecule has 6 heteroatoms. The molecular formula is C34H32FN3O2. The van der Waals surface area contributed by atoms with Gasteiger partial charge in [0.1, 0.15) is 5.82 Å². The Morgan fingerprint density at radius 1 is 1.05 bits per heavy atom. The predicted molar refractivity (Wildman–Crippen MR) is 163 cm³/mol. The van der Waals surface area contributed by atoms with E-state index >= 15 is 0 Å². The van der Waals surface area contributed by atoms with Gasteiger partial charge < -0.3 is 4.90 Å². The fourth-order valence-electron chi connectivity index (χ4n) is 4.61. The second-order valence-electron chi connectivity index (χ2n) is 9.45. The highest BCUT2D eigenvalue weighted by molar-refractivity contribution is 5.86. The molecule has 1 aliphatic heterocycles. The average molecular weight is 534 g/mol. The first-order valence-electron chi connectivity index (χ1n) is 12.8. The summed E-state index contributed by atoms with van der Waals surface area (Å²) < 4.78 is 16.0. The van der Waals surface area contributed by atoms with Gasteiger partial charge in [0, 0.05) is 24.6 Å². The number of aryl methyl sites for hydroxylation is 1. The molecule has 40 heavy (non-hydrogen) atoms. The lowest BCUT2D eigenvalue weighted by Crippen LogP contribution is -2.39. The predicted octanol–water partition coefficient (Wildman–Crippen LogP) is 6.76. The van der Waals surface area contributed by atoms with Gasteiger partial charge in [-0.05, 0) is 78.1 Å². The Kier molecular flexibility index (Phi) is 8.29. The molecule has 1 aliphatic rings. The maximum atomic E-state index is 13.5. The SMILES string of the molecule is C=CC(=C\C=C/C)/C(C)=C1\C=CC=CN1C(=C)C(=C)c1ccc2c(c1)c(=O)n(Cc1ccc(F)cc1)c(=O)n2C. The molecule has 1 aromatic heterocycles. The third-order valence-electron chi connectivity index (χ3n) is 6.96. The summed E-state index contributed by atoms with van der Waals surface area (Å²) in [7, 11) is 1.63. The van der Waals surface area contributed by atoms with Gasteiger partial charge >= 0.3 is 5.69 Å². The molecular weight excluding hydrogens is 501 g/mol. The maximum Gasteiger partial charge on any atom is 0.331 e. The molecule has 2 heterocycles. The van der Waals surface area contributed by atoms with E-state index in [1.807, 2.05) is 73.5 Å². The standard InChI is InChI=1S/C34H32FN3O2/c1-7-9-12-27(8-2)24(4)31-13-10-11-20-37(31)25(5)23(3)28-16-19-32-30(21-28)33(39)38(34(40)36(32)6)22-26-14-17-29(35)18-15-26/h7-21H,2-3,5,22H2,1,4,6H3/b9-7-,27-12+,31-24+. The highest BCUT2D eigenvalue weighted by Crippen LogP contribution is 2.32. The second-order valence-corrected chi connectivity index (χ2v) is 9.45. The van der Waals surface area contributed by atoms with Crippen molar-refractivity contribution in [2.45, 2.75) is 20.4 Å². The molecule has 0 spiro atoms. The van der Waals surface area contributed by atoms with Gasteiger partial charge in [0.05, 0.1) is 17.4 Å². The van der Waals surface area contributed by atoms with Crippen molar-refractivity contribution in [3.05, 3.63) is 171 Å². The van der Waals surface area contributed by atoms with Gasteiger partial charge in [-0.25, -0.2) is 9.18 Å². The molecule has 0 atom stereocenters. The molecule has 0 fully saturated rings. The van der Waals surface area contributed by atoms with Crippen LogP contribution in [-0.4, -0.2) is 14.0 Å². The van der Waals surface area contributed by atoms with Crippen LogP contribution in [0.15, 0.2) is 143 Å². The van der Waals surface area contributed by atoms with E-state index in [1.165, 1.54) is 16.7 Å². The van der Waals surface area contributed by atoms with E-state index in [0.717, 1.165) is 21.4 Å². The van der Waals surface area contributed by atoms with E-state index in [0.29, 0.717) is 33.3 Å². The molecule has 3 aromatic rings. The summed E-state index contributed by atoms with van der Waals surface area (Å²) in [4.78, 5) is 28.5. The highest BCUT2D eigenvalue weighted by atomic mass is 19.1. The molecule has 0 unspecified atom stereocenters. The molecule has 0 radical (unpaired) electrons. The minimum atomic E-state index is -0.447. The van der Waals surface area contributed by atoms with Gasteiger partial charge in [0.25, 0.3) is 5.56 Å². The Labute approximate surface area is 233 Å². The lowest BCUT2D eigenvalue weighted by Gasteiger charge is -2.29. The van der Waals surface area contributed by atoms with Crippen molar-refractivity contribution in [2.75, 3.05) is 0 Å². The first kappa shape index (κ1) is 28.0. The van der Waals surface area contributed by atoms with Gasteiger partial charge in [-0.1, -0.05) is 68.3 Å². The Morgan fingerprint density at radius 3 is 2.45 bits per heavy atom. The van der Waals surface area contributed by atoms with Crippen molar-refractivity contribution < 1.29 is 4.39 Å². The Balaban J connectivity index is 1.75. The lowest BCUT2D eigenvalue weighted by atomic mass is 9.99. The van der Waals surface area contributed by atoms with Crippen molar-refractivity contribution in [1.29, 1.82) is 0 Å². The Hall–Kier alpha value is -4.97. The summed E-state index contributed by atoms with van der Waals surface area (Å²) in [6.45, 7) is 16.6. The quantitative estimate of drug-likeness (QED) is 0.301. The Bertz CT molecular complexity index is 1790. The van der Waals surface area contributed by atoms with Crippen LogP contribution in [0.25, 0.3) is 16.5 Å². The van der Waals surface area contributed by atoms with E-state index in [4.69, 9.17) is 0 Å². The van der Waals surface area contributed by atoms with Crippen molar-refractivity contribution in [1.82, 2.24) is 14.0 Å². The van der Waals surface area contributed by atoms with Crippen LogP contribution >= 0.6 is 0 Å². The fourth-order valence-corrected chi connectivity index (χ4v) is 4.61. The summed E-state index contributed by atoms with van der Waals surface area (Å²) in [5, 5.41) is 0.375. The summed E-state index contributed by atoms with van der Waals surface area (Å²) in [6.07, 6.45) is 15.5. The minimum absolute atomic E-state index is 0.0321. The molecule has 0 bridgehead atoms. The minimum Gasteiger partial charge on any atom is -0.317 e. The average Bonchev–Trinajstić information content (AvgIpc) is 2.98. The monoisotopic (exact) mass is 533 g/mol. The number of nitrogens with zero attached hydrogens (tertiary/aromatic N) is 3. The van der Waals surface area contributed by atoms with E-state index < -0.39 is 11.2 Å². The van der Waals surface area contributed by atoms with Gasteiger partial charge in [-0.15, -0.1) is 0 Å². The first-order valence-corrected chi connectivity index (χ1v) is 12.8. The van der Waals surface area contributed by atoms with Crippen LogP contribution in [-0.2, 0) is 13.6 Å². The second kappa shape index (κ2) is 11.8. The zero-order valence-corrected chi connectivity index (χ0v) is 23.0. The summed E-state index contributed by atoms with van der Waals surface area (Å²) >= 11 is 0. The molecule has 0 amide bonds. The normalized spacial score (nSPS) is 14.7. The van der Waals surface area contributed by atoms with Crippen LogP contribution in [0.1, 0.15) is 25.0 Å². The zero-order valence-electron chi connectivity index (χ0n) is 23.0. The van der Waals surface area contributed by atoms with Crippen LogP contribution < -0.4 is 11.2 Å². The molecule has 0 aliphatic carbocycles. The van der Waals surface area contributed by atoms with Gasteiger partial charge in [-0.3, -0.25) is 13.9 Å². The summed E-state index contributed by atoms with van der Waals surface area (Å²) in [6, 6.07) is 11.1. The molecule has 0 N–H and O–H groups in total. The van der Waals surface area contributed by atoms with E-state index in [2.05, 4.69) is 19.7 Å². The van der Waals surface area contributed by atoms with Crippen LogP contribution in [0, 0.1) is 5.82 Å². The largest absolute Gasteiger partial charge is 0.331 e. The Morgan fingerprint density at radius 2 is 1.77 bits per heavy atom. The van der Waals surface area contributed by atoms with Gasteiger partial charge in [0.2, 0.25) is 0 Å². The number of rotatable bonds is 8. The zero-order chi connectivity index (χ0) is 29.0. The number of hydrogen-bond acceptors (Lipinski definition) is 3. The van der Waals surface area contributed by atoms with E-state index in [1.54, 1.807) is 31.3 Å². The molecule has 4 rings (SSSR count). The number of halogens is 1. The first-order chi connectivity index (χ1) is 19.2. The molecule has 202 valence electrons. The number of aromatic nitrogens is 2. The number of fused-ring (bicyclic) bond motifs is 1. The fraction of sp³-hybridized carbons (Fsp3) is 0.118. The smallest absolute Gasteiger partial charge is 0.317 e. The van der Waals surface area contributed by atoms with Crippen LogP contribution in [0.3, 0.4) is 0 Å². The highest BCUT2D eigenvalue weighted by Gasteiger charge is 2.19. The molecule has 2 aromatic carbocycles. The number of hydrogen-bond donors (Lipinski definition) is 0. The summed E-state index contributed by atoms with van der Waals surface area (Å²) in [5.74, 6) is -0.382.